The van der Waals surface area contributed by atoms with Gasteiger partial charge in [0.05, 0.1) is 25.8 Å². The number of nitrogens with zero attached hydrogens (tertiary/aromatic N) is 2. The normalized spacial score (nSPS) is 16.5. The molecule has 1 atom stereocenters. The topological polar surface area (TPSA) is 87.2 Å². The Morgan fingerprint density at radius 3 is 2.72 bits per heavy atom. The highest BCUT2D eigenvalue weighted by atomic mass is 32.1. The van der Waals surface area contributed by atoms with Crippen LogP contribution in [0.2, 0.25) is 0 Å². The zero-order valence-corrected chi connectivity index (χ0v) is 20.0. The number of thiazole rings is 1. The van der Waals surface area contributed by atoms with Gasteiger partial charge in [0, 0.05) is 23.2 Å². The Labute approximate surface area is 192 Å². The largest absolute Gasteiger partial charge is 0.491 e. The molecule has 0 unspecified atom stereocenters. The van der Waals surface area contributed by atoms with Crippen LogP contribution in [-0.4, -0.2) is 67.1 Å². The first kappa shape index (κ1) is 24.0. The van der Waals surface area contributed by atoms with Crippen molar-refractivity contribution < 1.29 is 28.5 Å². The number of benzene rings is 1. The lowest BCUT2D eigenvalue weighted by Gasteiger charge is -2.34. The lowest BCUT2D eigenvalue weighted by molar-refractivity contribution is -0.0557. The number of rotatable bonds is 6. The number of amides is 1. The van der Waals surface area contributed by atoms with Crippen LogP contribution in [-0.2, 0) is 20.6 Å². The van der Waals surface area contributed by atoms with E-state index in [1.165, 1.54) is 7.11 Å². The Balaban J connectivity index is 1.71. The predicted octanol–water partition coefficient (Wildman–Crippen LogP) is 4.17. The SMILES string of the molecule is CCc1cnc(-c2cc(OC[C@H]3CN(C(=O)OC(C)(C)C)CCO3)cc(C(=O)OC)c2)s1. The lowest BCUT2D eigenvalue weighted by atomic mass is 10.1. The highest BCUT2D eigenvalue weighted by Gasteiger charge is 2.28. The number of aryl methyl sites for hydroxylation is 1. The van der Waals surface area contributed by atoms with E-state index in [9.17, 15) is 9.59 Å². The summed E-state index contributed by atoms with van der Waals surface area (Å²) >= 11 is 1.58. The number of carbonyl (C=O) groups is 2. The summed E-state index contributed by atoms with van der Waals surface area (Å²) in [5.74, 6) is 0.0585. The molecule has 2 aromatic rings. The highest BCUT2D eigenvalue weighted by molar-refractivity contribution is 7.15. The van der Waals surface area contributed by atoms with Gasteiger partial charge in [0.1, 0.15) is 29.1 Å². The molecular weight excluding hydrogens is 432 g/mol. The number of hydrogen-bond acceptors (Lipinski definition) is 8. The van der Waals surface area contributed by atoms with Crippen LogP contribution in [0.25, 0.3) is 10.6 Å². The van der Waals surface area contributed by atoms with Gasteiger partial charge < -0.3 is 23.8 Å². The molecule has 0 radical (unpaired) electrons. The van der Waals surface area contributed by atoms with Crippen molar-refractivity contribution in [3.63, 3.8) is 0 Å². The molecule has 1 amide bonds. The van der Waals surface area contributed by atoms with Crippen LogP contribution in [0.5, 0.6) is 5.75 Å². The van der Waals surface area contributed by atoms with Crippen LogP contribution >= 0.6 is 11.3 Å². The van der Waals surface area contributed by atoms with Crippen LogP contribution < -0.4 is 4.74 Å². The molecule has 8 nitrogen and oxygen atoms in total. The summed E-state index contributed by atoms with van der Waals surface area (Å²) in [4.78, 5) is 31.8. The first-order valence-corrected chi connectivity index (χ1v) is 11.4. The van der Waals surface area contributed by atoms with Gasteiger partial charge in [-0.3, -0.25) is 0 Å². The second-order valence-corrected chi connectivity index (χ2v) is 9.57. The number of ether oxygens (including phenoxy) is 4. The van der Waals surface area contributed by atoms with E-state index in [4.69, 9.17) is 18.9 Å². The van der Waals surface area contributed by atoms with Gasteiger partial charge >= 0.3 is 12.1 Å². The van der Waals surface area contributed by atoms with Gasteiger partial charge in [0.2, 0.25) is 0 Å². The predicted molar refractivity (Wildman–Crippen MR) is 121 cm³/mol. The summed E-state index contributed by atoms with van der Waals surface area (Å²) in [7, 11) is 1.34. The summed E-state index contributed by atoms with van der Waals surface area (Å²) in [6.45, 7) is 9.04. The molecule has 0 aliphatic carbocycles. The molecule has 0 bridgehead atoms. The van der Waals surface area contributed by atoms with Crippen molar-refractivity contribution in [3.05, 3.63) is 34.8 Å². The van der Waals surface area contributed by atoms with E-state index in [0.29, 0.717) is 31.0 Å². The molecule has 174 valence electrons. The third kappa shape index (κ3) is 6.43. The first-order valence-electron chi connectivity index (χ1n) is 10.6. The van der Waals surface area contributed by atoms with Crippen molar-refractivity contribution in [3.8, 4) is 16.3 Å². The maximum absolute atomic E-state index is 12.4. The molecule has 0 saturated carbocycles. The molecule has 3 rings (SSSR count). The third-order valence-electron chi connectivity index (χ3n) is 4.70. The van der Waals surface area contributed by atoms with Crippen molar-refractivity contribution in [1.29, 1.82) is 0 Å². The van der Waals surface area contributed by atoms with E-state index < -0.39 is 11.6 Å². The van der Waals surface area contributed by atoms with Crippen molar-refractivity contribution in [2.24, 2.45) is 0 Å². The molecule has 0 N–H and O–H groups in total. The summed E-state index contributed by atoms with van der Waals surface area (Å²) in [6, 6.07) is 5.23. The fourth-order valence-electron chi connectivity index (χ4n) is 3.15. The molecule has 2 heterocycles. The maximum Gasteiger partial charge on any atom is 0.410 e. The quantitative estimate of drug-likeness (QED) is 0.595. The van der Waals surface area contributed by atoms with Crippen molar-refractivity contribution in [2.45, 2.75) is 45.8 Å². The van der Waals surface area contributed by atoms with Gasteiger partial charge in [-0.05, 0) is 45.4 Å². The van der Waals surface area contributed by atoms with Crippen molar-refractivity contribution >= 4 is 23.4 Å². The minimum Gasteiger partial charge on any atom is -0.491 e. The molecule has 9 heteroatoms. The average molecular weight is 463 g/mol. The Hall–Kier alpha value is -2.65. The van der Waals surface area contributed by atoms with Crippen LogP contribution in [0, 0.1) is 0 Å². The Morgan fingerprint density at radius 1 is 1.28 bits per heavy atom. The molecule has 1 aliphatic heterocycles. The maximum atomic E-state index is 12.4. The number of methoxy groups -OCH3 is 1. The number of esters is 1. The zero-order valence-electron chi connectivity index (χ0n) is 19.2. The van der Waals surface area contributed by atoms with E-state index in [2.05, 4.69) is 11.9 Å². The lowest BCUT2D eigenvalue weighted by Crippen LogP contribution is -2.49. The molecule has 1 aliphatic rings. The first-order chi connectivity index (χ1) is 15.2. The van der Waals surface area contributed by atoms with Crippen molar-refractivity contribution in [1.82, 2.24) is 9.88 Å². The number of morpholine rings is 1. The summed E-state index contributed by atoms with van der Waals surface area (Å²) in [5, 5.41) is 0.808. The fraction of sp³-hybridized carbons (Fsp3) is 0.522. The van der Waals surface area contributed by atoms with E-state index >= 15 is 0 Å². The van der Waals surface area contributed by atoms with E-state index in [-0.39, 0.29) is 18.8 Å². The summed E-state index contributed by atoms with van der Waals surface area (Å²) < 4.78 is 22.1. The Morgan fingerprint density at radius 2 is 2.06 bits per heavy atom. The number of carbonyl (C=O) groups excluding carboxylic acids is 2. The van der Waals surface area contributed by atoms with Gasteiger partial charge in [0.15, 0.2) is 0 Å². The number of hydrogen-bond donors (Lipinski definition) is 0. The second-order valence-electron chi connectivity index (χ2n) is 8.45. The van der Waals surface area contributed by atoms with Gasteiger partial charge in [-0.2, -0.15) is 0 Å². The smallest absolute Gasteiger partial charge is 0.410 e. The Kier molecular flexibility index (Phi) is 7.73. The van der Waals surface area contributed by atoms with E-state index in [1.54, 1.807) is 28.4 Å². The van der Waals surface area contributed by atoms with Crippen LogP contribution in [0.15, 0.2) is 24.4 Å². The zero-order chi connectivity index (χ0) is 23.3. The molecule has 32 heavy (non-hydrogen) atoms. The van der Waals surface area contributed by atoms with Gasteiger partial charge in [0.25, 0.3) is 0 Å². The molecule has 0 spiro atoms. The third-order valence-corrected chi connectivity index (χ3v) is 5.89. The molecule has 1 fully saturated rings. The second kappa shape index (κ2) is 10.3. The van der Waals surface area contributed by atoms with Crippen LogP contribution in [0.4, 0.5) is 4.79 Å². The van der Waals surface area contributed by atoms with Crippen LogP contribution in [0.3, 0.4) is 0 Å². The standard InChI is InChI=1S/C23H30N2O6S/c1-6-19-12-24-20(32-19)15-9-16(21(26)28-5)11-17(10-15)30-14-18-13-25(7-8-29-18)22(27)31-23(2,3)4/h9-12,18H,6-8,13-14H2,1-5H3/t18-/m1/s1. The van der Waals surface area contributed by atoms with Gasteiger partial charge in [-0.25, -0.2) is 14.6 Å². The molecule has 1 aromatic heterocycles. The minimum absolute atomic E-state index is 0.224. The molecule has 1 saturated heterocycles. The van der Waals surface area contributed by atoms with Crippen molar-refractivity contribution in [2.75, 3.05) is 33.4 Å². The van der Waals surface area contributed by atoms with Gasteiger partial charge in [-0.15, -0.1) is 11.3 Å². The Bertz CT molecular complexity index is 952. The molecular formula is C23H30N2O6S. The van der Waals surface area contributed by atoms with Crippen LogP contribution in [0.1, 0.15) is 42.9 Å². The fourth-order valence-corrected chi connectivity index (χ4v) is 3.99. The minimum atomic E-state index is -0.556. The average Bonchev–Trinajstić information content (AvgIpc) is 3.25. The monoisotopic (exact) mass is 462 g/mol. The summed E-state index contributed by atoms with van der Waals surface area (Å²) in [6.07, 6.45) is 2.06. The summed E-state index contributed by atoms with van der Waals surface area (Å²) in [5.41, 5.74) is 0.611. The van der Waals surface area contributed by atoms with E-state index in [1.807, 2.05) is 33.0 Å². The number of aromatic nitrogens is 1. The van der Waals surface area contributed by atoms with Gasteiger partial charge in [-0.1, -0.05) is 6.92 Å². The van der Waals surface area contributed by atoms with E-state index in [0.717, 1.165) is 21.9 Å². The highest BCUT2D eigenvalue weighted by Crippen LogP contribution is 2.30. The molecule has 1 aromatic carbocycles.